The minimum absolute atomic E-state index is 0.139. The molecule has 0 radical (unpaired) electrons. The van der Waals surface area contributed by atoms with E-state index in [2.05, 4.69) is 25.2 Å². The fourth-order valence-corrected chi connectivity index (χ4v) is 2.59. The summed E-state index contributed by atoms with van der Waals surface area (Å²) in [6.07, 6.45) is 0. The van der Waals surface area contributed by atoms with Gasteiger partial charge in [0.2, 0.25) is 0 Å². The standard InChI is InChI=1S/C21H27NO3/c1-14(2)12-25-13-18-11-17(7-9-20(18)24-5)21(23)22-19-8-6-15(3)10-16(19)4/h6-11,14H,12-13H2,1-5H3,(H,22,23). The van der Waals surface area contributed by atoms with E-state index in [1.165, 1.54) is 5.56 Å². The number of benzene rings is 2. The normalized spacial score (nSPS) is 10.8. The third-order valence-electron chi connectivity index (χ3n) is 3.88. The van der Waals surface area contributed by atoms with Crippen molar-refractivity contribution in [2.24, 2.45) is 5.92 Å². The SMILES string of the molecule is COc1ccc(C(=O)Nc2ccc(C)cc2C)cc1COCC(C)C. The van der Waals surface area contributed by atoms with E-state index in [4.69, 9.17) is 9.47 Å². The molecule has 1 amide bonds. The number of hydrogen-bond acceptors (Lipinski definition) is 3. The summed E-state index contributed by atoms with van der Waals surface area (Å²) in [4.78, 5) is 12.6. The summed E-state index contributed by atoms with van der Waals surface area (Å²) in [6.45, 7) is 9.32. The average molecular weight is 341 g/mol. The van der Waals surface area contributed by atoms with E-state index in [9.17, 15) is 4.79 Å². The molecule has 0 spiro atoms. The molecule has 2 aromatic rings. The third kappa shape index (κ3) is 5.33. The molecular formula is C21H27NO3. The molecule has 0 fully saturated rings. The van der Waals surface area contributed by atoms with E-state index in [0.717, 1.165) is 22.6 Å². The maximum atomic E-state index is 12.6. The van der Waals surface area contributed by atoms with Gasteiger partial charge >= 0.3 is 0 Å². The smallest absolute Gasteiger partial charge is 0.255 e. The number of carbonyl (C=O) groups excluding carboxylic acids is 1. The Labute approximate surface area is 150 Å². The van der Waals surface area contributed by atoms with Gasteiger partial charge in [-0.15, -0.1) is 0 Å². The van der Waals surface area contributed by atoms with E-state index >= 15 is 0 Å². The van der Waals surface area contributed by atoms with Gasteiger partial charge in [0.15, 0.2) is 0 Å². The topological polar surface area (TPSA) is 47.6 Å². The molecular weight excluding hydrogens is 314 g/mol. The molecule has 0 bridgehead atoms. The number of methoxy groups -OCH3 is 1. The minimum atomic E-state index is -0.139. The monoisotopic (exact) mass is 341 g/mol. The maximum Gasteiger partial charge on any atom is 0.255 e. The molecule has 0 saturated carbocycles. The number of carbonyl (C=O) groups is 1. The molecule has 0 unspecified atom stereocenters. The van der Waals surface area contributed by atoms with E-state index < -0.39 is 0 Å². The van der Waals surface area contributed by atoms with Gasteiger partial charge in [0.05, 0.1) is 13.7 Å². The predicted octanol–water partition coefficient (Wildman–Crippen LogP) is 4.74. The number of hydrogen-bond donors (Lipinski definition) is 1. The van der Waals surface area contributed by atoms with Crippen LogP contribution in [-0.2, 0) is 11.3 Å². The summed E-state index contributed by atoms with van der Waals surface area (Å²) in [5, 5.41) is 2.97. The van der Waals surface area contributed by atoms with Crippen LogP contribution in [0.3, 0.4) is 0 Å². The molecule has 0 aliphatic heterocycles. The van der Waals surface area contributed by atoms with Crippen LogP contribution >= 0.6 is 0 Å². The summed E-state index contributed by atoms with van der Waals surface area (Å²) in [5.74, 6) is 1.05. The Morgan fingerprint density at radius 3 is 2.52 bits per heavy atom. The first-order chi connectivity index (χ1) is 11.9. The van der Waals surface area contributed by atoms with Crippen molar-refractivity contribution in [3.63, 3.8) is 0 Å². The molecule has 2 rings (SSSR count). The second kappa shape index (κ2) is 8.67. The molecule has 0 heterocycles. The van der Waals surface area contributed by atoms with Crippen molar-refractivity contribution in [3.8, 4) is 5.75 Å². The van der Waals surface area contributed by atoms with Crippen LogP contribution in [0, 0.1) is 19.8 Å². The molecule has 2 aromatic carbocycles. The van der Waals surface area contributed by atoms with Crippen LogP contribution in [-0.4, -0.2) is 19.6 Å². The number of ether oxygens (including phenoxy) is 2. The minimum Gasteiger partial charge on any atom is -0.496 e. The number of nitrogens with one attached hydrogen (secondary N) is 1. The van der Waals surface area contributed by atoms with Crippen LogP contribution in [0.4, 0.5) is 5.69 Å². The Hall–Kier alpha value is -2.33. The maximum absolute atomic E-state index is 12.6. The summed E-state index contributed by atoms with van der Waals surface area (Å²) >= 11 is 0. The van der Waals surface area contributed by atoms with Gasteiger partial charge < -0.3 is 14.8 Å². The van der Waals surface area contributed by atoms with Gasteiger partial charge in [-0.05, 0) is 49.6 Å². The molecule has 0 aromatic heterocycles. The van der Waals surface area contributed by atoms with Gasteiger partial charge in [-0.1, -0.05) is 31.5 Å². The molecule has 0 aliphatic rings. The number of amides is 1. The average Bonchev–Trinajstić information content (AvgIpc) is 2.57. The molecule has 4 nitrogen and oxygen atoms in total. The van der Waals surface area contributed by atoms with Crippen LogP contribution < -0.4 is 10.1 Å². The lowest BCUT2D eigenvalue weighted by Gasteiger charge is -2.13. The van der Waals surface area contributed by atoms with Gasteiger partial charge in [-0.25, -0.2) is 0 Å². The van der Waals surface area contributed by atoms with Gasteiger partial charge in [-0.2, -0.15) is 0 Å². The highest BCUT2D eigenvalue weighted by atomic mass is 16.5. The lowest BCUT2D eigenvalue weighted by molar-refractivity contribution is 0.0952. The van der Waals surface area contributed by atoms with Crippen molar-refractivity contribution in [3.05, 3.63) is 58.7 Å². The number of anilines is 1. The van der Waals surface area contributed by atoms with Crippen molar-refractivity contribution >= 4 is 11.6 Å². The number of aryl methyl sites for hydroxylation is 2. The fourth-order valence-electron chi connectivity index (χ4n) is 2.59. The molecule has 4 heteroatoms. The van der Waals surface area contributed by atoms with E-state index in [1.54, 1.807) is 13.2 Å². The molecule has 1 N–H and O–H groups in total. The zero-order chi connectivity index (χ0) is 18.4. The summed E-state index contributed by atoms with van der Waals surface area (Å²) in [5.41, 5.74) is 4.50. The molecule has 25 heavy (non-hydrogen) atoms. The Morgan fingerprint density at radius 2 is 1.88 bits per heavy atom. The van der Waals surface area contributed by atoms with Gasteiger partial charge in [0.1, 0.15) is 5.75 Å². The van der Waals surface area contributed by atoms with E-state index in [-0.39, 0.29) is 5.91 Å². The van der Waals surface area contributed by atoms with Gasteiger partial charge in [0.25, 0.3) is 5.91 Å². The fraction of sp³-hybridized carbons (Fsp3) is 0.381. The first-order valence-electron chi connectivity index (χ1n) is 8.54. The zero-order valence-electron chi connectivity index (χ0n) is 15.7. The Balaban J connectivity index is 2.15. The Morgan fingerprint density at radius 1 is 1.12 bits per heavy atom. The molecule has 134 valence electrons. The lowest BCUT2D eigenvalue weighted by atomic mass is 10.1. The van der Waals surface area contributed by atoms with Crippen molar-refractivity contribution in [1.29, 1.82) is 0 Å². The van der Waals surface area contributed by atoms with Crippen molar-refractivity contribution < 1.29 is 14.3 Å². The van der Waals surface area contributed by atoms with Crippen LogP contribution in [0.25, 0.3) is 0 Å². The highest BCUT2D eigenvalue weighted by Crippen LogP contribution is 2.23. The summed E-state index contributed by atoms with van der Waals surface area (Å²) < 4.78 is 11.1. The van der Waals surface area contributed by atoms with Crippen LogP contribution in [0.1, 0.15) is 40.9 Å². The van der Waals surface area contributed by atoms with E-state index in [1.807, 2.05) is 38.1 Å². The quantitative estimate of drug-likeness (QED) is 0.791. The highest BCUT2D eigenvalue weighted by Gasteiger charge is 2.12. The van der Waals surface area contributed by atoms with E-state index in [0.29, 0.717) is 24.7 Å². The second-order valence-electron chi connectivity index (χ2n) is 6.71. The molecule has 0 saturated heterocycles. The highest BCUT2D eigenvalue weighted by molar-refractivity contribution is 6.04. The molecule has 0 atom stereocenters. The van der Waals surface area contributed by atoms with Gasteiger partial charge in [0, 0.05) is 23.4 Å². The zero-order valence-corrected chi connectivity index (χ0v) is 15.7. The first kappa shape index (κ1) is 19.0. The second-order valence-corrected chi connectivity index (χ2v) is 6.71. The van der Waals surface area contributed by atoms with Crippen molar-refractivity contribution in [2.75, 3.05) is 19.0 Å². The lowest BCUT2D eigenvalue weighted by Crippen LogP contribution is -2.13. The summed E-state index contributed by atoms with van der Waals surface area (Å²) in [7, 11) is 1.62. The Kier molecular flexibility index (Phi) is 6.59. The molecule has 0 aliphatic carbocycles. The largest absolute Gasteiger partial charge is 0.496 e. The Bertz CT molecular complexity index is 738. The van der Waals surface area contributed by atoms with Gasteiger partial charge in [-0.3, -0.25) is 4.79 Å². The van der Waals surface area contributed by atoms with Crippen molar-refractivity contribution in [1.82, 2.24) is 0 Å². The van der Waals surface area contributed by atoms with Crippen LogP contribution in [0.15, 0.2) is 36.4 Å². The number of rotatable bonds is 7. The summed E-state index contributed by atoms with van der Waals surface area (Å²) in [6, 6.07) is 11.4. The van der Waals surface area contributed by atoms with Crippen LogP contribution in [0.2, 0.25) is 0 Å². The first-order valence-corrected chi connectivity index (χ1v) is 8.54. The predicted molar refractivity (Wildman–Crippen MR) is 101 cm³/mol. The van der Waals surface area contributed by atoms with Crippen molar-refractivity contribution in [2.45, 2.75) is 34.3 Å². The third-order valence-corrected chi connectivity index (χ3v) is 3.88. The van der Waals surface area contributed by atoms with Crippen LogP contribution in [0.5, 0.6) is 5.75 Å².